The number of nitrogens with two attached hydrogens (primary N) is 1. The van der Waals surface area contributed by atoms with Crippen molar-refractivity contribution in [2.45, 2.75) is 16.3 Å². The number of primary sulfonamides is 1. The Labute approximate surface area is 174 Å². The molecule has 162 valence electrons. The van der Waals surface area contributed by atoms with E-state index in [9.17, 15) is 26.4 Å². The van der Waals surface area contributed by atoms with Crippen molar-refractivity contribution < 1.29 is 31.2 Å². The highest BCUT2D eigenvalue weighted by atomic mass is 32.2. The standard InChI is InChI=1S/C18H21N3O7S2/c1-21(2)30(26,27)16-9-5-14(6-10-16)18(23)28-12-17(22)20-11-13-3-7-15(8-4-13)29(19,24)25/h3-10H,11-12H2,1-2H3,(H,20,22)(H2,19,24,25). The van der Waals surface area contributed by atoms with Crippen LogP contribution in [0.4, 0.5) is 0 Å². The van der Waals surface area contributed by atoms with Gasteiger partial charge in [0.15, 0.2) is 6.61 Å². The molecule has 10 nitrogen and oxygen atoms in total. The van der Waals surface area contributed by atoms with Crippen molar-refractivity contribution in [1.29, 1.82) is 0 Å². The van der Waals surface area contributed by atoms with E-state index in [1.807, 2.05) is 0 Å². The van der Waals surface area contributed by atoms with E-state index in [4.69, 9.17) is 9.88 Å². The van der Waals surface area contributed by atoms with Crippen molar-refractivity contribution in [1.82, 2.24) is 9.62 Å². The lowest BCUT2D eigenvalue weighted by Crippen LogP contribution is -2.28. The van der Waals surface area contributed by atoms with Crippen LogP contribution in [0.2, 0.25) is 0 Å². The van der Waals surface area contributed by atoms with E-state index in [1.165, 1.54) is 62.6 Å². The van der Waals surface area contributed by atoms with Crippen molar-refractivity contribution in [3.63, 3.8) is 0 Å². The summed E-state index contributed by atoms with van der Waals surface area (Å²) in [4.78, 5) is 23.8. The Balaban J connectivity index is 1.86. The van der Waals surface area contributed by atoms with E-state index in [0.717, 1.165) is 4.31 Å². The number of hydrogen-bond acceptors (Lipinski definition) is 7. The molecule has 0 bridgehead atoms. The lowest BCUT2D eigenvalue weighted by molar-refractivity contribution is -0.124. The molecule has 0 atom stereocenters. The van der Waals surface area contributed by atoms with E-state index in [-0.39, 0.29) is 21.9 Å². The van der Waals surface area contributed by atoms with Crippen molar-refractivity contribution >= 4 is 31.9 Å². The average Bonchev–Trinajstić information content (AvgIpc) is 2.70. The Morgan fingerprint density at radius 3 is 1.97 bits per heavy atom. The number of nitrogens with zero attached hydrogens (tertiary/aromatic N) is 1. The second-order valence-electron chi connectivity index (χ2n) is 6.35. The maximum atomic E-state index is 12.0. The minimum absolute atomic E-state index is 0.0234. The number of esters is 1. The number of sulfonamides is 2. The van der Waals surface area contributed by atoms with E-state index >= 15 is 0 Å². The third kappa shape index (κ3) is 6.10. The molecule has 0 saturated heterocycles. The molecule has 2 aromatic carbocycles. The van der Waals surface area contributed by atoms with Gasteiger partial charge in [0.1, 0.15) is 0 Å². The summed E-state index contributed by atoms with van der Waals surface area (Å²) in [5.74, 6) is -1.35. The Morgan fingerprint density at radius 2 is 1.47 bits per heavy atom. The molecule has 0 spiro atoms. The molecule has 0 aliphatic carbocycles. The van der Waals surface area contributed by atoms with Gasteiger partial charge in [0.05, 0.1) is 15.4 Å². The van der Waals surface area contributed by atoms with Crippen LogP contribution in [0, 0.1) is 0 Å². The fourth-order valence-electron chi connectivity index (χ4n) is 2.24. The zero-order chi connectivity index (χ0) is 22.5. The second-order valence-corrected chi connectivity index (χ2v) is 10.1. The van der Waals surface area contributed by atoms with Crippen molar-refractivity contribution in [2.24, 2.45) is 5.14 Å². The molecule has 2 aromatic rings. The third-order valence-electron chi connectivity index (χ3n) is 3.94. The zero-order valence-corrected chi connectivity index (χ0v) is 17.9. The molecule has 0 radical (unpaired) electrons. The molecule has 0 saturated carbocycles. The molecular weight excluding hydrogens is 434 g/mol. The van der Waals surface area contributed by atoms with Crippen LogP contribution in [0.15, 0.2) is 58.3 Å². The van der Waals surface area contributed by atoms with Crippen molar-refractivity contribution in [2.75, 3.05) is 20.7 Å². The highest BCUT2D eigenvalue weighted by Gasteiger charge is 2.18. The smallest absolute Gasteiger partial charge is 0.338 e. The number of hydrogen-bond donors (Lipinski definition) is 2. The van der Waals surface area contributed by atoms with Gasteiger partial charge in [-0.05, 0) is 42.0 Å². The molecule has 0 fully saturated rings. The van der Waals surface area contributed by atoms with Gasteiger partial charge in [0.25, 0.3) is 5.91 Å². The topological polar surface area (TPSA) is 153 Å². The maximum absolute atomic E-state index is 12.0. The van der Waals surface area contributed by atoms with Gasteiger partial charge in [-0.3, -0.25) is 4.79 Å². The van der Waals surface area contributed by atoms with Crippen LogP contribution in [0.25, 0.3) is 0 Å². The Kier molecular flexibility index (Phi) is 7.31. The largest absolute Gasteiger partial charge is 0.452 e. The second kappa shape index (κ2) is 9.34. The molecule has 3 N–H and O–H groups in total. The Hall–Kier alpha value is -2.80. The first-order chi connectivity index (χ1) is 13.9. The third-order valence-corrected chi connectivity index (χ3v) is 6.70. The van der Waals surface area contributed by atoms with Gasteiger partial charge in [-0.1, -0.05) is 12.1 Å². The van der Waals surface area contributed by atoms with Gasteiger partial charge in [0, 0.05) is 20.6 Å². The fraction of sp³-hybridized carbons (Fsp3) is 0.222. The first-order valence-electron chi connectivity index (χ1n) is 8.49. The molecule has 1 amide bonds. The van der Waals surface area contributed by atoms with Gasteiger partial charge in [-0.25, -0.2) is 31.1 Å². The summed E-state index contributed by atoms with van der Waals surface area (Å²) in [6.45, 7) is -0.440. The summed E-state index contributed by atoms with van der Waals surface area (Å²) in [6, 6.07) is 10.8. The van der Waals surface area contributed by atoms with Crippen molar-refractivity contribution in [3.8, 4) is 0 Å². The predicted octanol–water partition coefficient (Wildman–Crippen LogP) is 0.0575. The molecule has 2 rings (SSSR count). The summed E-state index contributed by atoms with van der Waals surface area (Å²) >= 11 is 0. The summed E-state index contributed by atoms with van der Waals surface area (Å²) < 4.78 is 52.4. The molecular formula is C18H21N3O7S2. The van der Waals surface area contributed by atoms with Crippen LogP contribution in [0.5, 0.6) is 0 Å². The van der Waals surface area contributed by atoms with Gasteiger partial charge >= 0.3 is 5.97 Å². The number of nitrogens with one attached hydrogen (secondary N) is 1. The first-order valence-corrected chi connectivity index (χ1v) is 11.5. The Bertz CT molecular complexity index is 1130. The molecule has 12 heteroatoms. The predicted molar refractivity (Wildman–Crippen MR) is 107 cm³/mol. The number of benzene rings is 2. The number of carbonyl (C=O) groups excluding carboxylic acids is 2. The first kappa shape index (κ1) is 23.5. The van der Waals surface area contributed by atoms with Crippen LogP contribution in [-0.4, -0.2) is 53.7 Å². The number of carbonyl (C=O) groups is 2. The van der Waals surface area contributed by atoms with Crippen LogP contribution in [0.3, 0.4) is 0 Å². The highest BCUT2D eigenvalue weighted by Crippen LogP contribution is 2.14. The summed E-state index contributed by atoms with van der Waals surface area (Å²) in [5, 5.41) is 7.53. The lowest BCUT2D eigenvalue weighted by atomic mass is 10.2. The molecule has 30 heavy (non-hydrogen) atoms. The van der Waals surface area contributed by atoms with Gasteiger partial charge in [-0.2, -0.15) is 0 Å². The SMILES string of the molecule is CN(C)S(=O)(=O)c1ccc(C(=O)OCC(=O)NCc2ccc(S(N)(=O)=O)cc2)cc1. The zero-order valence-electron chi connectivity index (χ0n) is 16.2. The highest BCUT2D eigenvalue weighted by molar-refractivity contribution is 7.89. The van der Waals surface area contributed by atoms with Gasteiger partial charge in [-0.15, -0.1) is 0 Å². The van der Waals surface area contributed by atoms with E-state index in [1.54, 1.807) is 0 Å². The molecule has 0 aliphatic rings. The van der Waals surface area contributed by atoms with E-state index in [2.05, 4.69) is 5.32 Å². The van der Waals surface area contributed by atoms with Crippen LogP contribution < -0.4 is 10.5 Å². The average molecular weight is 456 g/mol. The number of rotatable bonds is 8. The number of amides is 1. The molecule has 0 aliphatic heterocycles. The minimum atomic E-state index is -3.79. The van der Waals surface area contributed by atoms with E-state index < -0.39 is 38.5 Å². The fourth-order valence-corrected chi connectivity index (χ4v) is 3.65. The monoisotopic (exact) mass is 455 g/mol. The number of ether oxygens (including phenoxy) is 1. The molecule has 0 aromatic heterocycles. The Morgan fingerprint density at radius 1 is 0.933 bits per heavy atom. The van der Waals surface area contributed by atoms with E-state index in [0.29, 0.717) is 5.56 Å². The minimum Gasteiger partial charge on any atom is -0.452 e. The van der Waals surface area contributed by atoms with Crippen LogP contribution >= 0.6 is 0 Å². The normalized spacial score (nSPS) is 11.9. The molecule has 0 heterocycles. The summed E-state index contributed by atoms with van der Waals surface area (Å²) in [5.41, 5.74) is 0.721. The van der Waals surface area contributed by atoms with Crippen LogP contribution in [-0.2, 0) is 36.1 Å². The van der Waals surface area contributed by atoms with Crippen LogP contribution in [0.1, 0.15) is 15.9 Å². The maximum Gasteiger partial charge on any atom is 0.338 e. The van der Waals surface area contributed by atoms with Gasteiger partial charge < -0.3 is 10.1 Å². The quantitative estimate of drug-likeness (QED) is 0.534. The summed E-state index contributed by atoms with van der Waals surface area (Å²) in [6.07, 6.45) is 0. The molecule has 0 unspecified atom stereocenters. The van der Waals surface area contributed by atoms with Crippen molar-refractivity contribution in [3.05, 3.63) is 59.7 Å². The lowest BCUT2D eigenvalue weighted by Gasteiger charge is -2.11. The van der Waals surface area contributed by atoms with Gasteiger partial charge in [0.2, 0.25) is 20.0 Å². The summed E-state index contributed by atoms with van der Waals surface area (Å²) in [7, 11) is -4.62.